The van der Waals surface area contributed by atoms with E-state index in [1.165, 1.54) is 4.52 Å². The summed E-state index contributed by atoms with van der Waals surface area (Å²) in [6, 6.07) is 5.85. The summed E-state index contributed by atoms with van der Waals surface area (Å²) in [6.07, 6.45) is 5.13. The Balaban J connectivity index is 1.84. The maximum Gasteiger partial charge on any atom is 0.253 e. The Labute approximate surface area is 173 Å². The topological polar surface area (TPSA) is 114 Å². The number of nitrogens with one attached hydrogen (secondary N) is 1. The van der Waals surface area contributed by atoms with E-state index in [1.807, 2.05) is 38.4 Å². The molecule has 0 unspecified atom stereocenters. The van der Waals surface area contributed by atoms with E-state index in [0.717, 1.165) is 29.0 Å². The number of aromatic nitrogens is 4. The minimum absolute atomic E-state index is 0.0199. The van der Waals surface area contributed by atoms with E-state index in [2.05, 4.69) is 21.5 Å². The van der Waals surface area contributed by atoms with Crippen LogP contribution in [0.4, 0.5) is 11.6 Å². The Morgan fingerprint density at radius 2 is 2.21 bits per heavy atom. The van der Waals surface area contributed by atoms with Gasteiger partial charge in [0, 0.05) is 36.2 Å². The fourth-order valence-corrected chi connectivity index (χ4v) is 3.71. The van der Waals surface area contributed by atoms with Crippen LogP contribution in [-0.4, -0.2) is 37.7 Å². The lowest BCUT2D eigenvalue weighted by Crippen LogP contribution is -2.25. The number of nitrogens with zero attached hydrogens (tertiary/aromatic N) is 5. The minimum atomic E-state index is 0.0199. The summed E-state index contributed by atoms with van der Waals surface area (Å²) in [5.41, 5.74) is 9.69. The van der Waals surface area contributed by atoms with Crippen molar-refractivity contribution in [1.82, 2.24) is 19.2 Å². The molecule has 0 aliphatic rings. The summed E-state index contributed by atoms with van der Waals surface area (Å²) in [6.45, 7) is 5.09. The van der Waals surface area contributed by atoms with Crippen LogP contribution in [0.25, 0.3) is 5.65 Å². The van der Waals surface area contributed by atoms with Crippen LogP contribution in [0, 0.1) is 18.3 Å². The second-order valence-corrected chi connectivity index (χ2v) is 7.67. The molecule has 9 heteroatoms. The third kappa shape index (κ3) is 4.07. The van der Waals surface area contributed by atoms with Crippen molar-refractivity contribution in [3.63, 3.8) is 0 Å². The van der Waals surface area contributed by atoms with Crippen LogP contribution in [0.3, 0.4) is 0 Å². The van der Waals surface area contributed by atoms with Crippen molar-refractivity contribution in [2.45, 2.75) is 33.2 Å². The average molecular weight is 412 g/mol. The zero-order chi connectivity index (χ0) is 21.0. The molecule has 0 bridgehead atoms. The molecule has 0 atom stereocenters. The van der Waals surface area contributed by atoms with Crippen molar-refractivity contribution in [3.05, 3.63) is 51.1 Å². The molecule has 3 rings (SSSR count). The summed E-state index contributed by atoms with van der Waals surface area (Å²) < 4.78 is 3.26. The summed E-state index contributed by atoms with van der Waals surface area (Å²) in [5.74, 6) is 1.58. The normalized spacial score (nSPS) is 11.0. The lowest BCUT2D eigenvalue weighted by atomic mass is 10.2. The number of hydrogen-bond donors (Lipinski definition) is 2. The van der Waals surface area contributed by atoms with Crippen molar-refractivity contribution in [1.29, 1.82) is 5.26 Å². The van der Waals surface area contributed by atoms with Gasteiger partial charge in [-0.3, -0.25) is 4.79 Å². The molecule has 0 saturated heterocycles. The van der Waals surface area contributed by atoms with E-state index < -0.39 is 0 Å². The molecule has 0 radical (unpaired) electrons. The predicted octanol–water partition coefficient (Wildman–Crippen LogP) is 2.23. The molecule has 8 nitrogen and oxygen atoms in total. The zero-order valence-corrected chi connectivity index (χ0v) is 17.7. The number of nitriles is 1. The van der Waals surface area contributed by atoms with Gasteiger partial charge in [0.2, 0.25) is 0 Å². The molecule has 3 aromatic heterocycles. The molecule has 0 amide bonds. The van der Waals surface area contributed by atoms with Crippen molar-refractivity contribution < 1.29 is 0 Å². The monoisotopic (exact) mass is 411 g/mol. The molecular formula is C20H25N7OS. The van der Waals surface area contributed by atoms with Gasteiger partial charge in [-0.05, 0) is 32.1 Å². The van der Waals surface area contributed by atoms with Gasteiger partial charge in [-0.25, -0.2) is 4.98 Å². The fraction of sp³-hybridized carbons (Fsp3) is 0.400. The fourth-order valence-electron chi connectivity index (χ4n) is 3.33. The Bertz CT molecular complexity index is 1130. The Morgan fingerprint density at radius 3 is 2.90 bits per heavy atom. The molecule has 0 aromatic carbocycles. The van der Waals surface area contributed by atoms with Crippen molar-refractivity contribution in [2.24, 2.45) is 0 Å². The molecule has 29 heavy (non-hydrogen) atoms. The van der Waals surface area contributed by atoms with Gasteiger partial charge in [-0.15, -0.1) is 0 Å². The molecule has 3 aromatic rings. The molecule has 152 valence electrons. The second kappa shape index (κ2) is 9.01. The van der Waals surface area contributed by atoms with Crippen LogP contribution in [0.1, 0.15) is 29.3 Å². The average Bonchev–Trinajstić information content (AvgIpc) is 3.04. The van der Waals surface area contributed by atoms with Crippen LogP contribution in [-0.2, 0) is 19.4 Å². The first-order valence-electron chi connectivity index (χ1n) is 9.50. The highest BCUT2D eigenvalue weighted by Crippen LogP contribution is 2.24. The second-order valence-electron chi connectivity index (χ2n) is 6.69. The van der Waals surface area contributed by atoms with Crippen LogP contribution in [0.2, 0.25) is 0 Å². The number of anilines is 2. The van der Waals surface area contributed by atoms with Gasteiger partial charge in [-0.1, -0.05) is 13.0 Å². The number of fused-ring (bicyclic) bond motifs is 1. The highest BCUT2D eigenvalue weighted by Gasteiger charge is 2.18. The zero-order valence-electron chi connectivity index (χ0n) is 16.9. The molecular weight excluding hydrogens is 386 g/mol. The van der Waals surface area contributed by atoms with Gasteiger partial charge in [0.05, 0.1) is 5.69 Å². The largest absolute Gasteiger partial charge is 0.382 e. The van der Waals surface area contributed by atoms with E-state index in [-0.39, 0.29) is 16.9 Å². The van der Waals surface area contributed by atoms with Gasteiger partial charge in [0.15, 0.2) is 5.65 Å². The van der Waals surface area contributed by atoms with Crippen LogP contribution in [0.5, 0.6) is 0 Å². The molecule has 0 aliphatic carbocycles. The van der Waals surface area contributed by atoms with Gasteiger partial charge in [-0.2, -0.15) is 26.6 Å². The Morgan fingerprint density at radius 1 is 1.41 bits per heavy atom. The lowest BCUT2D eigenvalue weighted by Gasteiger charge is -2.11. The molecule has 0 spiro atoms. The van der Waals surface area contributed by atoms with Crippen LogP contribution in [0.15, 0.2) is 23.1 Å². The van der Waals surface area contributed by atoms with Gasteiger partial charge in [0.25, 0.3) is 5.56 Å². The summed E-state index contributed by atoms with van der Waals surface area (Å²) in [4.78, 5) is 17.2. The number of rotatable bonds is 8. The molecule has 3 heterocycles. The SMILES string of the molecule is CCc1c(C)nn2c(N)c(C#N)c(NCCc3cccn(CCSC)c3=O)nc12. The summed E-state index contributed by atoms with van der Waals surface area (Å²) in [5, 5.41) is 17.2. The summed E-state index contributed by atoms with van der Waals surface area (Å²) in [7, 11) is 0. The third-order valence-corrected chi connectivity index (χ3v) is 5.47. The number of nitrogens with two attached hydrogens (primary N) is 1. The number of thioether (sulfide) groups is 1. The number of hydrogen-bond acceptors (Lipinski definition) is 7. The van der Waals surface area contributed by atoms with E-state index in [9.17, 15) is 10.1 Å². The summed E-state index contributed by atoms with van der Waals surface area (Å²) >= 11 is 1.71. The first kappa shape index (κ1) is 20.7. The Kier molecular flexibility index (Phi) is 6.44. The quantitative estimate of drug-likeness (QED) is 0.584. The van der Waals surface area contributed by atoms with Crippen LogP contribution < -0.4 is 16.6 Å². The van der Waals surface area contributed by atoms with Gasteiger partial charge < -0.3 is 15.6 Å². The Hall–Kier alpha value is -2.99. The minimum Gasteiger partial charge on any atom is -0.382 e. The number of nitrogen functional groups attached to an aromatic ring is 1. The highest BCUT2D eigenvalue weighted by atomic mass is 32.2. The van der Waals surface area contributed by atoms with E-state index in [0.29, 0.717) is 31.0 Å². The van der Waals surface area contributed by atoms with Gasteiger partial charge in [0.1, 0.15) is 23.3 Å². The molecule has 0 aliphatic heterocycles. The first-order valence-corrected chi connectivity index (χ1v) is 10.9. The first-order chi connectivity index (χ1) is 14.0. The predicted molar refractivity (Wildman–Crippen MR) is 118 cm³/mol. The van der Waals surface area contributed by atoms with E-state index in [1.54, 1.807) is 16.3 Å². The van der Waals surface area contributed by atoms with E-state index >= 15 is 0 Å². The number of aryl methyl sites for hydroxylation is 3. The number of pyridine rings is 1. The maximum atomic E-state index is 12.6. The lowest BCUT2D eigenvalue weighted by molar-refractivity contribution is 0.722. The van der Waals surface area contributed by atoms with Gasteiger partial charge >= 0.3 is 0 Å². The van der Waals surface area contributed by atoms with Crippen molar-refractivity contribution in [3.8, 4) is 6.07 Å². The van der Waals surface area contributed by atoms with Crippen LogP contribution >= 0.6 is 11.8 Å². The molecule has 0 fully saturated rings. The highest BCUT2D eigenvalue weighted by molar-refractivity contribution is 7.98. The molecule has 3 N–H and O–H groups in total. The third-order valence-electron chi connectivity index (χ3n) is 4.88. The molecule has 0 saturated carbocycles. The maximum absolute atomic E-state index is 12.6. The standard InChI is InChI=1S/C20H25N7OS/c1-4-15-13(2)25-27-17(22)16(12-21)18(24-19(15)27)23-8-7-14-6-5-9-26(20(14)28)10-11-29-3/h5-6,9H,4,7-8,10-11,22H2,1-3H3,(H,23,24). The van der Waals surface area contributed by atoms with Crippen molar-refractivity contribution in [2.75, 3.05) is 29.6 Å². The van der Waals surface area contributed by atoms with Crippen molar-refractivity contribution >= 4 is 29.0 Å². The van der Waals surface area contributed by atoms with E-state index in [4.69, 9.17) is 5.73 Å². The smallest absolute Gasteiger partial charge is 0.253 e.